The van der Waals surface area contributed by atoms with E-state index in [2.05, 4.69) is 15.1 Å². The van der Waals surface area contributed by atoms with Crippen molar-refractivity contribution in [2.24, 2.45) is 0 Å². The number of esters is 1. The molecule has 0 saturated heterocycles. The second-order valence-corrected chi connectivity index (χ2v) is 6.69. The first-order valence-electron chi connectivity index (χ1n) is 8.48. The quantitative estimate of drug-likeness (QED) is 0.436. The maximum atomic E-state index is 13.0. The molecule has 0 aliphatic rings. The summed E-state index contributed by atoms with van der Waals surface area (Å²) in [4.78, 5) is 20.7. The molecule has 29 heavy (non-hydrogen) atoms. The Morgan fingerprint density at radius 2 is 1.93 bits per heavy atom. The summed E-state index contributed by atoms with van der Waals surface area (Å²) in [5.74, 6) is 0.130. The zero-order chi connectivity index (χ0) is 20.2. The summed E-state index contributed by atoms with van der Waals surface area (Å²) in [5, 5.41) is 6.06. The summed E-state index contributed by atoms with van der Waals surface area (Å²) < 4.78 is 28.7. The van der Waals surface area contributed by atoms with Crippen molar-refractivity contribution in [3.63, 3.8) is 0 Å². The Labute approximate surface area is 168 Å². The highest BCUT2D eigenvalue weighted by Gasteiger charge is 2.17. The summed E-state index contributed by atoms with van der Waals surface area (Å²) >= 11 is 1.26. The smallest absolute Gasteiger partial charge is 0.358 e. The van der Waals surface area contributed by atoms with Crippen LogP contribution in [-0.4, -0.2) is 28.2 Å². The maximum absolute atomic E-state index is 13.0. The van der Waals surface area contributed by atoms with Crippen LogP contribution in [0.1, 0.15) is 16.4 Å². The van der Waals surface area contributed by atoms with Crippen LogP contribution in [0.25, 0.3) is 22.0 Å². The fourth-order valence-corrected chi connectivity index (χ4v) is 3.34. The molecule has 4 aromatic rings. The molecule has 0 saturated carbocycles. The Bertz CT molecular complexity index is 1140. The van der Waals surface area contributed by atoms with Crippen LogP contribution in [0.3, 0.4) is 0 Å². The minimum Gasteiger partial charge on any atom is -0.496 e. The summed E-state index contributed by atoms with van der Waals surface area (Å²) in [7, 11) is 1.55. The molecule has 4 rings (SSSR count). The van der Waals surface area contributed by atoms with E-state index in [0.717, 1.165) is 0 Å². The van der Waals surface area contributed by atoms with Gasteiger partial charge in [-0.15, -0.1) is 11.3 Å². The molecule has 0 aliphatic heterocycles. The predicted molar refractivity (Wildman–Crippen MR) is 103 cm³/mol. The summed E-state index contributed by atoms with van der Waals surface area (Å²) in [6, 6.07) is 13.1. The molecule has 2 aromatic carbocycles. The molecule has 0 N–H and O–H groups in total. The molecular weight excluding hydrogens is 397 g/mol. The van der Waals surface area contributed by atoms with Gasteiger partial charge >= 0.3 is 5.97 Å². The van der Waals surface area contributed by atoms with Crippen LogP contribution < -0.4 is 4.74 Å². The Balaban J connectivity index is 1.42. The van der Waals surface area contributed by atoms with Gasteiger partial charge in [-0.25, -0.2) is 14.2 Å². The first-order chi connectivity index (χ1) is 14.1. The molecule has 0 bridgehead atoms. The minimum absolute atomic E-state index is 0.147. The second kappa shape index (κ2) is 8.19. The highest BCUT2D eigenvalue weighted by atomic mass is 32.1. The van der Waals surface area contributed by atoms with Gasteiger partial charge in [0.2, 0.25) is 5.82 Å². The van der Waals surface area contributed by atoms with Gasteiger partial charge in [-0.3, -0.25) is 0 Å². The third-order valence-electron chi connectivity index (χ3n) is 3.95. The number of thiazole rings is 1. The first kappa shape index (κ1) is 18.8. The van der Waals surface area contributed by atoms with Crippen molar-refractivity contribution in [2.45, 2.75) is 6.61 Å². The molecule has 9 heteroatoms. The fraction of sp³-hybridized carbons (Fsp3) is 0.100. The highest BCUT2D eigenvalue weighted by molar-refractivity contribution is 7.13. The average Bonchev–Trinajstić information content (AvgIpc) is 3.42. The van der Waals surface area contributed by atoms with Gasteiger partial charge in [-0.05, 0) is 36.4 Å². The van der Waals surface area contributed by atoms with E-state index in [1.54, 1.807) is 36.8 Å². The van der Waals surface area contributed by atoms with Crippen molar-refractivity contribution in [1.29, 1.82) is 0 Å². The Morgan fingerprint density at radius 3 is 2.72 bits per heavy atom. The number of methoxy groups -OCH3 is 1. The normalized spacial score (nSPS) is 10.7. The molecule has 0 fully saturated rings. The van der Waals surface area contributed by atoms with Gasteiger partial charge in [0, 0.05) is 10.9 Å². The molecule has 146 valence electrons. The molecule has 0 atom stereocenters. The highest BCUT2D eigenvalue weighted by Crippen LogP contribution is 2.27. The van der Waals surface area contributed by atoms with E-state index in [-0.39, 0.29) is 24.0 Å². The number of ether oxygens (including phenoxy) is 2. The van der Waals surface area contributed by atoms with Gasteiger partial charge in [-0.1, -0.05) is 17.3 Å². The minimum atomic E-state index is -0.619. The molecule has 0 spiro atoms. The summed E-state index contributed by atoms with van der Waals surface area (Å²) in [5.41, 5.74) is 1.53. The lowest BCUT2D eigenvalue weighted by atomic mass is 10.2. The van der Waals surface area contributed by atoms with Crippen LogP contribution in [0.15, 0.2) is 58.4 Å². The number of benzene rings is 2. The Morgan fingerprint density at radius 1 is 1.14 bits per heavy atom. The standard InChI is InChI=1S/C20H14FN3O4S/c1-26-16-5-3-2-4-14(16)18-23-17(28-24-18)10-27-20(25)15-11-29-19(22-15)12-6-8-13(21)9-7-12/h2-9,11H,10H2,1H3. The maximum Gasteiger partial charge on any atom is 0.358 e. The Hall–Kier alpha value is -3.59. The van der Waals surface area contributed by atoms with Gasteiger partial charge in [0.1, 0.15) is 16.6 Å². The van der Waals surface area contributed by atoms with Crippen molar-refractivity contribution < 1.29 is 23.2 Å². The van der Waals surface area contributed by atoms with Gasteiger partial charge in [-0.2, -0.15) is 4.98 Å². The number of carbonyl (C=O) groups is 1. The van der Waals surface area contributed by atoms with Crippen LogP contribution in [0.4, 0.5) is 4.39 Å². The third-order valence-corrected chi connectivity index (χ3v) is 4.84. The molecule has 2 aromatic heterocycles. The average molecular weight is 411 g/mol. The molecule has 0 radical (unpaired) electrons. The van der Waals surface area contributed by atoms with Crippen LogP contribution in [-0.2, 0) is 11.3 Å². The SMILES string of the molecule is COc1ccccc1-c1noc(COC(=O)c2csc(-c3ccc(F)cc3)n2)n1. The van der Waals surface area contributed by atoms with Crippen molar-refractivity contribution in [3.05, 3.63) is 71.3 Å². The second-order valence-electron chi connectivity index (χ2n) is 5.83. The molecular formula is C20H14FN3O4S. The predicted octanol–water partition coefficient (Wildman–Crippen LogP) is 4.36. The van der Waals surface area contributed by atoms with Gasteiger partial charge in [0.15, 0.2) is 12.3 Å². The number of nitrogens with zero attached hydrogens (tertiary/aromatic N) is 3. The lowest BCUT2D eigenvalue weighted by Crippen LogP contribution is -2.05. The lowest BCUT2D eigenvalue weighted by molar-refractivity contribution is 0.0424. The Kier molecular flexibility index (Phi) is 5.30. The number of hydrogen-bond acceptors (Lipinski definition) is 8. The van der Waals surface area contributed by atoms with Gasteiger partial charge in [0.25, 0.3) is 5.89 Å². The van der Waals surface area contributed by atoms with E-state index in [4.69, 9.17) is 14.0 Å². The van der Waals surface area contributed by atoms with Crippen LogP contribution in [0.5, 0.6) is 5.75 Å². The van der Waals surface area contributed by atoms with E-state index in [1.807, 2.05) is 12.1 Å². The number of aromatic nitrogens is 3. The third kappa shape index (κ3) is 4.14. The number of hydrogen-bond donors (Lipinski definition) is 0. The van der Waals surface area contributed by atoms with E-state index in [0.29, 0.717) is 27.7 Å². The summed E-state index contributed by atoms with van der Waals surface area (Å²) in [6.45, 7) is -0.190. The molecule has 7 nitrogen and oxygen atoms in total. The van der Waals surface area contributed by atoms with E-state index < -0.39 is 5.97 Å². The monoisotopic (exact) mass is 411 g/mol. The van der Waals surface area contributed by atoms with E-state index >= 15 is 0 Å². The fourth-order valence-electron chi connectivity index (χ4n) is 2.55. The molecule has 0 aliphatic carbocycles. The molecule has 0 unspecified atom stereocenters. The lowest BCUT2D eigenvalue weighted by Gasteiger charge is -2.03. The first-order valence-corrected chi connectivity index (χ1v) is 9.36. The van der Waals surface area contributed by atoms with Crippen molar-refractivity contribution in [3.8, 4) is 27.7 Å². The van der Waals surface area contributed by atoms with E-state index in [9.17, 15) is 9.18 Å². The van der Waals surface area contributed by atoms with E-state index in [1.165, 1.54) is 23.5 Å². The van der Waals surface area contributed by atoms with Crippen molar-refractivity contribution in [1.82, 2.24) is 15.1 Å². The van der Waals surface area contributed by atoms with Crippen molar-refractivity contribution >= 4 is 17.3 Å². The number of carbonyl (C=O) groups excluding carboxylic acids is 1. The number of para-hydroxylation sites is 1. The largest absolute Gasteiger partial charge is 0.496 e. The molecule has 2 heterocycles. The summed E-state index contributed by atoms with van der Waals surface area (Å²) in [6.07, 6.45) is 0. The van der Waals surface area contributed by atoms with Gasteiger partial charge < -0.3 is 14.0 Å². The number of rotatable bonds is 6. The topological polar surface area (TPSA) is 87.3 Å². The van der Waals surface area contributed by atoms with Gasteiger partial charge in [0.05, 0.1) is 12.7 Å². The van der Waals surface area contributed by atoms with Crippen molar-refractivity contribution in [2.75, 3.05) is 7.11 Å². The van der Waals surface area contributed by atoms with Crippen LogP contribution in [0, 0.1) is 5.82 Å². The molecule has 0 amide bonds. The zero-order valence-electron chi connectivity index (χ0n) is 15.2. The van der Waals surface area contributed by atoms with Crippen LogP contribution >= 0.6 is 11.3 Å². The van der Waals surface area contributed by atoms with Crippen LogP contribution in [0.2, 0.25) is 0 Å². The number of halogens is 1. The zero-order valence-corrected chi connectivity index (χ0v) is 16.0.